The molecule has 0 bridgehead atoms. The lowest BCUT2D eigenvalue weighted by Crippen LogP contribution is -2.25. The van der Waals surface area contributed by atoms with Crippen LogP contribution in [0.2, 0.25) is 0 Å². The highest BCUT2D eigenvalue weighted by Gasteiger charge is 2.51. The zero-order valence-electron chi connectivity index (χ0n) is 28.2. The summed E-state index contributed by atoms with van der Waals surface area (Å²) in [5, 5.41) is 9.47. The van der Waals surface area contributed by atoms with Crippen molar-refractivity contribution in [3.63, 3.8) is 0 Å². The van der Waals surface area contributed by atoms with Gasteiger partial charge in [0, 0.05) is 47.0 Å². The fraction of sp³-hybridized carbons (Fsp3) is 0.0213. The zero-order valence-corrected chi connectivity index (χ0v) is 28.2. The third-order valence-corrected chi connectivity index (χ3v) is 10.5. The maximum Gasteiger partial charge on any atom is 0.205 e. The number of nitriles is 1. The Morgan fingerprint density at radius 2 is 0.962 bits per heavy atom. The molecule has 0 fully saturated rings. The molecule has 0 saturated carbocycles. The fourth-order valence-electron chi connectivity index (χ4n) is 8.25. The van der Waals surface area contributed by atoms with Crippen LogP contribution in [0.3, 0.4) is 0 Å². The Balaban J connectivity index is 1.18. The number of benzene rings is 4. The van der Waals surface area contributed by atoms with Gasteiger partial charge in [0.1, 0.15) is 6.07 Å². The summed E-state index contributed by atoms with van der Waals surface area (Å²) >= 11 is 0. The summed E-state index contributed by atoms with van der Waals surface area (Å²) in [5.41, 5.74) is 17.1. The third-order valence-electron chi connectivity index (χ3n) is 10.5. The van der Waals surface area contributed by atoms with Gasteiger partial charge in [0.2, 0.25) is 5.69 Å². The molecule has 1 spiro atoms. The average molecular weight is 675 g/mol. The van der Waals surface area contributed by atoms with Crippen LogP contribution in [-0.2, 0) is 5.41 Å². The summed E-state index contributed by atoms with van der Waals surface area (Å²) in [6.07, 6.45) is 6.62. The van der Waals surface area contributed by atoms with Crippen LogP contribution in [0.4, 0.5) is 5.69 Å². The van der Waals surface area contributed by atoms with Gasteiger partial charge in [0.25, 0.3) is 0 Å². The summed E-state index contributed by atoms with van der Waals surface area (Å²) in [6, 6.07) is 48.9. The monoisotopic (exact) mass is 674 g/mol. The van der Waals surface area contributed by atoms with Gasteiger partial charge in [0.15, 0.2) is 0 Å². The molecule has 0 amide bonds. The first-order chi connectivity index (χ1) is 26.1. The molecule has 0 unspecified atom stereocenters. The number of aromatic nitrogens is 4. The lowest BCUT2D eigenvalue weighted by atomic mass is 9.70. The average Bonchev–Trinajstić information content (AvgIpc) is 3.70. The standard InChI is InChI=1S/C47H26N6/c1-49-34-21-33(27-51-28-34)46-15-7-13-44(53-46)31-17-19-42-38(23-31)37-22-30(43-12-6-14-45(52-43)32-20-29(24-48)25-50-26-32)16-18-41(37)47(42)39-10-4-2-8-35(39)36-9-3-5-11-40(36)47/h2-23,25-28H. The molecule has 6 nitrogen and oxygen atoms in total. The van der Waals surface area contributed by atoms with Gasteiger partial charge in [-0.05, 0) is 93.0 Å². The maximum atomic E-state index is 9.47. The topological polar surface area (TPSA) is 79.7 Å². The Labute approximate surface area is 306 Å². The van der Waals surface area contributed by atoms with Gasteiger partial charge in [-0.1, -0.05) is 84.9 Å². The Morgan fingerprint density at radius 1 is 0.472 bits per heavy atom. The van der Waals surface area contributed by atoms with Gasteiger partial charge >= 0.3 is 0 Å². The molecule has 0 radical (unpaired) electrons. The van der Waals surface area contributed by atoms with E-state index in [9.17, 15) is 5.26 Å². The molecular formula is C47H26N6. The minimum atomic E-state index is -0.491. The molecule has 10 rings (SSSR count). The van der Waals surface area contributed by atoms with Crippen molar-refractivity contribution in [3.8, 4) is 73.4 Å². The molecule has 4 aromatic heterocycles. The quantitative estimate of drug-likeness (QED) is 0.174. The molecule has 0 saturated heterocycles. The van der Waals surface area contributed by atoms with E-state index >= 15 is 0 Å². The van der Waals surface area contributed by atoms with E-state index in [2.05, 4.69) is 106 Å². The molecule has 0 atom stereocenters. The summed E-state index contributed by atoms with van der Waals surface area (Å²) in [4.78, 5) is 22.2. The first kappa shape index (κ1) is 30.3. The van der Waals surface area contributed by atoms with E-state index in [4.69, 9.17) is 16.5 Å². The predicted octanol–water partition coefficient (Wildman–Crippen LogP) is 10.7. The summed E-state index contributed by atoms with van der Waals surface area (Å²) in [6.45, 7) is 7.45. The normalized spacial score (nSPS) is 12.6. The second-order valence-electron chi connectivity index (χ2n) is 13.3. The number of pyridine rings is 4. The Bertz CT molecular complexity index is 2700. The van der Waals surface area contributed by atoms with Crippen LogP contribution in [0.25, 0.3) is 72.1 Å². The van der Waals surface area contributed by atoms with E-state index in [0.29, 0.717) is 11.3 Å². The summed E-state index contributed by atoms with van der Waals surface area (Å²) in [7, 11) is 0. The van der Waals surface area contributed by atoms with Crippen LogP contribution in [0.1, 0.15) is 27.8 Å². The van der Waals surface area contributed by atoms with Crippen molar-refractivity contribution in [2.45, 2.75) is 5.41 Å². The van der Waals surface area contributed by atoms with Crippen LogP contribution < -0.4 is 0 Å². The summed E-state index contributed by atoms with van der Waals surface area (Å²) in [5.74, 6) is 0. The van der Waals surface area contributed by atoms with E-state index in [1.807, 2.05) is 48.5 Å². The Morgan fingerprint density at radius 3 is 1.51 bits per heavy atom. The van der Waals surface area contributed by atoms with Crippen molar-refractivity contribution in [3.05, 3.63) is 197 Å². The van der Waals surface area contributed by atoms with E-state index in [1.54, 1.807) is 24.8 Å². The van der Waals surface area contributed by atoms with Gasteiger partial charge in [-0.15, -0.1) is 0 Å². The van der Waals surface area contributed by atoms with Crippen molar-refractivity contribution in [1.82, 2.24) is 19.9 Å². The van der Waals surface area contributed by atoms with Crippen molar-refractivity contribution in [2.75, 3.05) is 0 Å². The molecule has 4 aromatic carbocycles. The van der Waals surface area contributed by atoms with Gasteiger partial charge in [-0.25, -0.2) is 14.8 Å². The van der Waals surface area contributed by atoms with E-state index in [0.717, 1.165) is 56.2 Å². The number of rotatable bonds is 4. The number of hydrogen-bond acceptors (Lipinski definition) is 5. The second kappa shape index (κ2) is 11.8. The molecule has 53 heavy (non-hydrogen) atoms. The molecule has 2 aliphatic rings. The molecule has 0 aliphatic heterocycles. The molecule has 0 N–H and O–H groups in total. The highest BCUT2D eigenvalue weighted by atomic mass is 14.8. The van der Waals surface area contributed by atoms with Gasteiger partial charge in [0.05, 0.1) is 40.3 Å². The highest BCUT2D eigenvalue weighted by molar-refractivity contribution is 5.97. The Hall–Kier alpha value is -7.54. The molecular weight excluding hydrogens is 649 g/mol. The van der Waals surface area contributed by atoms with Crippen LogP contribution in [0.5, 0.6) is 0 Å². The lowest BCUT2D eigenvalue weighted by molar-refractivity contribution is 0.794. The number of nitrogens with zero attached hydrogens (tertiary/aromatic N) is 6. The predicted molar refractivity (Wildman–Crippen MR) is 207 cm³/mol. The largest absolute Gasteiger partial charge is 0.276 e. The molecule has 6 heteroatoms. The van der Waals surface area contributed by atoms with E-state index in [-0.39, 0.29) is 0 Å². The minimum absolute atomic E-state index is 0.481. The van der Waals surface area contributed by atoms with Crippen LogP contribution in [-0.4, -0.2) is 19.9 Å². The first-order valence-corrected chi connectivity index (χ1v) is 17.3. The zero-order chi connectivity index (χ0) is 35.5. The van der Waals surface area contributed by atoms with Crippen molar-refractivity contribution >= 4 is 5.69 Å². The maximum absolute atomic E-state index is 9.47. The molecule has 244 valence electrons. The van der Waals surface area contributed by atoms with Crippen molar-refractivity contribution in [1.29, 1.82) is 5.26 Å². The van der Waals surface area contributed by atoms with Crippen molar-refractivity contribution in [2.24, 2.45) is 0 Å². The Kier molecular flexibility index (Phi) is 6.73. The van der Waals surface area contributed by atoms with E-state index < -0.39 is 5.41 Å². The number of fused-ring (bicyclic) bond motifs is 10. The summed E-state index contributed by atoms with van der Waals surface area (Å²) < 4.78 is 0. The van der Waals surface area contributed by atoms with E-state index in [1.165, 1.54) is 33.4 Å². The SMILES string of the molecule is [C-]#[N+]c1cncc(-c2cccc(-c3ccc4c(c3)-c3cc(-c5cccc(-c6cncc(C#N)c6)n5)ccc3C43c4ccccc4-c4ccccc43)n2)c1. The van der Waals surface area contributed by atoms with Gasteiger partial charge < -0.3 is 0 Å². The highest BCUT2D eigenvalue weighted by Crippen LogP contribution is 2.63. The number of hydrogen-bond donors (Lipinski definition) is 0. The smallest absolute Gasteiger partial charge is 0.205 e. The van der Waals surface area contributed by atoms with Crippen LogP contribution in [0.15, 0.2) is 158 Å². The van der Waals surface area contributed by atoms with Gasteiger partial charge in [-0.2, -0.15) is 5.26 Å². The fourth-order valence-corrected chi connectivity index (χ4v) is 8.25. The lowest BCUT2D eigenvalue weighted by Gasteiger charge is -2.30. The van der Waals surface area contributed by atoms with Crippen molar-refractivity contribution < 1.29 is 0 Å². The van der Waals surface area contributed by atoms with Crippen LogP contribution >= 0.6 is 0 Å². The minimum Gasteiger partial charge on any atom is -0.276 e. The van der Waals surface area contributed by atoms with Gasteiger partial charge in [-0.3, -0.25) is 9.97 Å². The molecule has 4 heterocycles. The first-order valence-electron chi connectivity index (χ1n) is 17.3. The molecule has 8 aromatic rings. The molecule has 2 aliphatic carbocycles. The second-order valence-corrected chi connectivity index (χ2v) is 13.3. The van der Waals surface area contributed by atoms with Crippen LogP contribution in [0, 0.1) is 17.9 Å². The third kappa shape index (κ3) is 4.57.